The number of benzene rings is 2. The number of thiazole rings is 1. The van der Waals surface area contributed by atoms with Gasteiger partial charge in [-0.15, -0.1) is 11.3 Å². The topological polar surface area (TPSA) is 187 Å². The Labute approximate surface area is 366 Å². The van der Waals surface area contributed by atoms with Crippen LogP contribution in [0.1, 0.15) is 76.1 Å². The summed E-state index contributed by atoms with van der Waals surface area (Å²) in [4.78, 5) is 56.5. The number of alkyl halides is 2. The van der Waals surface area contributed by atoms with E-state index in [4.69, 9.17) is 25.8 Å². The minimum atomic E-state index is -2.77. The van der Waals surface area contributed by atoms with Crippen LogP contribution in [-0.2, 0) is 37.4 Å². The van der Waals surface area contributed by atoms with Gasteiger partial charge in [-0.05, 0) is 80.5 Å². The van der Waals surface area contributed by atoms with E-state index in [1.165, 1.54) is 61.2 Å². The molecule has 0 spiro atoms. The molecule has 2 amide bonds. The van der Waals surface area contributed by atoms with E-state index >= 15 is 0 Å². The van der Waals surface area contributed by atoms with E-state index < -0.39 is 35.1 Å². The van der Waals surface area contributed by atoms with E-state index in [-0.39, 0.29) is 37.5 Å². The summed E-state index contributed by atoms with van der Waals surface area (Å²) in [6, 6.07) is 12.7. The largest absolute Gasteiger partial charge is 0.467 e. The minimum absolute atomic E-state index is 0.0724. The van der Waals surface area contributed by atoms with Crippen molar-refractivity contribution >= 4 is 58.1 Å². The van der Waals surface area contributed by atoms with Crippen molar-refractivity contribution in [2.24, 2.45) is 24.0 Å². The number of nitrogens with zero attached hydrogens (tertiary/aromatic N) is 8. The highest BCUT2D eigenvalue weighted by Crippen LogP contribution is 2.60. The van der Waals surface area contributed by atoms with E-state index in [0.717, 1.165) is 51.2 Å². The molecule has 2 saturated carbocycles. The van der Waals surface area contributed by atoms with Crippen LogP contribution in [0.25, 0.3) is 0 Å². The first-order valence-electron chi connectivity index (χ1n) is 19.6. The number of anilines is 2. The number of guanidine groups is 1. The maximum absolute atomic E-state index is 13.0. The van der Waals surface area contributed by atoms with Gasteiger partial charge in [-0.3, -0.25) is 19.2 Å². The Morgan fingerprint density at radius 3 is 2.40 bits per heavy atom. The average molecular weight is 902 g/mol. The molecule has 4 aromatic rings. The molecule has 62 heavy (non-hydrogen) atoms. The number of hydrogen-bond acceptors (Lipinski definition) is 11. The van der Waals surface area contributed by atoms with Crippen molar-refractivity contribution in [1.29, 1.82) is 0 Å². The number of hydrazone groups is 1. The predicted molar refractivity (Wildman–Crippen MR) is 229 cm³/mol. The molecule has 3 atom stereocenters. The molecule has 3 fully saturated rings. The number of nitrogens with one attached hydrogen (secondary N) is 1. The molecule has 17 nitrogen and oxygen atoms in total. The Hall–Kier alpha value is -5.57. The maximum Gasteiger partial charge on any atom is 0.328 e. The SMILES string of the molecule is CN1COCN(Cc2cnc(Cl)s2)/C1=N\[N+](=O)[O-].COCC(=O)N(c1c(C)cccc1C)C(C)C(=O)OC.Cn1cc(C(=O)Nc2ccccc2C2CC2C2CC2)c(C(F)F)n1. The van der Waals surface area contributed by atoms with Crippen LogP contribution in [-0.4, -0.2) is 101 Å². The van der Waals surface area contributed by atoms with Gasteiger partial charge in [0.25, 0.3) is 24.2 Å². The zero-order chi connectivity index (χ0) is 45.2. The number of halogens is 3. The van der Waals surface area contributed by atoms with Crippen LogP contribution in [0.15, 0.2) is 60.0 Å². The first kappa shape index (κ1) is 47.5. The normalized spacial score (nSPS) is 18.0. The average Bonchev–Trinajstić information content (AvgIpc) is 4.15. The number of carbonyl (C=O) groups excluding carboxylic acids is 3. The van der Waals surface area contributed by atoms with Crippen molar-refractivity contribution in [3.63, 3.8) is 0 Å². The van der Waals surface area contributed by atoms with E-state index in [2.05, 4.69) is 20.5 Å². The Kier molecular flexibility index (Phi) is 16.5. The minimum Gasteiger partial charge on any atom is -0.467 e. The number of hydrogen-bond donors (Lipinski definition) is 1. The van der Waals surface area contributed by atoms with Crippen LogP contribution in [0.5, 0.6) is 0 Å². The Morgan fingerprint density at radius 1 is 1.11 bits per heavy atom. The number of esters is 1. The van der Waals surface area contributed by atoms with Crippen LogP contribution in [0.2, 0.25) is 4.47 Å². The smallest absolute Gasteiger partial charge is 0.328 e. The molecular formula is C41H50ClF2N9O8S. The lowest BCUT2D eigenvalue weighted by Gasteiger charge is -2.34. The van der Waals surface area contributed by atoms with E-state index in [1.807, 2.05) is 56.3 Å². The number of methoxy groups -OCH3 is 2. The number of carbonyl (C=O) groups is 3. The molecule has 3 heterocycles. The highest BCUT2D eigenvalue weighted by Gasteiger charge is 2.48. The van der Waals surface area contributed by atoms with Crippen LogP contribution < -0.4 is 10.2 Å². The summed E-state index contributed by atoms with van der Waals surface area (Å²) in [7, 11) is 5.96. The molecule has 7 rings (SSSR count). The van der Waals surface area contributed by atoms with Gasteiger partial charge in [-0.1, -0.05) is 48.0 Å². The summed E-state index contributed by atoms with van der Waals surface area (Å²) in [6.07, 6.45) is 3.97. The fourth-order valence-electron chi connectivity index (χ4n) is 7.29. The van der Waals surface area contributed by atoms with Crippen molar-refractivity contribution in [1.82, 2.24) is 24.6 Å². The zero-order valence-electron chi connectivity index (χ0n) is 35.4. The standard InChI is InChI=1S/C18H19F2N3O.C15H21NO4.C8H10ClN5O3S/c1-23-9-14(16(22-23)17(19)20)18(24)21-15-5-3-2-4-11(15)13-8-12(13)10-6-7-10;1-10-7-6-8-11(2)14(10)16(13(17)9-19-4)12(3)15(18)20-5;1-12-4-17-5-13(8(12)11-14(15)16)3-6-2-10-7(9)18-6/h2-5,9-10,12-13,17H,6-8H2,1H3,(H,21,24);6-8,12H,9H2,1-5H3;2H,3-5H2,1H3/b;;11-8-. The molecule has 334 valence electrons. The number of para-hydroxylation sites is 2. The fraction of sp³-hybridized carbons (Fsp3) is 0.463. The van der Waals surface area contributed by atoms with Gasteiger partial charge in [-0.2, -0.15) is 5.10 Å². The van der Waals surface area contributed by atoms with Gasteiger partial charge in [0, 0.05) is 44.2 Å². The van der Waals surface area contributed by atoms with Crippen molar-refractivity contribution in [2.75, 3.05) is 51.6 Å². The number of ether oxygens (including phenoxy) is 3. The second-order valence-electron chi connectivity index (χ2n) is 15.0. The van der Waals surface area contributed by atoms with E-state index in [9.17, 15) is 33.3 Å². The molecule has 1 aliphatic heterocycles. The van der Waals surface area contributed by atoms with Gasteiger partial charge < -0.3 is 29.3 Å². The number of amides is 2. The molecule has 21 heteroatoms. The van der Waals surface area contributed by atoms with Crippen molar-refractivity contribution in [3.8, 4) is 0 Å². The van der Waals surface area contributed by atoms with Crippen molar-refractivity contribution in [2.45, 2.75) is 65.0 Å². The lowest BCUT2D eigenvalue weighted by Crippen LogP contribution is -2.49. The summed E-state index contributed by atoms with van der Waals surface area (Å²) < 4.78 is 42.7. The molecule has 2 aliphatic carbocycles. The number of aryl methyl sites for hydroxylation is 3. The van der Waals surface area contributed by atoms with Crippen LogP contribution in [0, 0.1) is 35.8 Å². The number of nitro groups is 1. The Morgan fingerprint density at radius 2 is 1.81 bits per heavy atom. The third kappa shape index (κ3) is 12.3. The Bertz CT molecular complexity index is 2230. The second kappa shape index (κ2) is 21.5. The summed E-state index contributed by atoms with van der Waals surface area (Å²) in [5.74, 6) is 1.03. The van der Waals surface area contributed by atoms with E-state index in [0.29, 0.717) is 16.9 Å². The van der Waals surface area contributed by atoms with Gasteiger partial charge in [0.15, 0.2) is 9.50 Å². The zero-order valence-corrected chi connectivity index (χ0v) is 37.0. The predicted octanol–water partition coefficient (Wildman–Crippen LogP) is 6.99. The summed E-state index contributed by atoms with van der Waals surface area (Å²) >= 11 is 7.05. The molecule has 0 bridgehead atoms. The molecule has 1 N–H and O–H groups in total. The maximum atomic E-state index is 13.0. The quantitative estimate of drug-likeness (QED) is 0.0825. The number of aromatic nitrogens is 3. The van der Waals surface area contributed by atoms with Crippen molar-refractivity contribution in [3.05, 3.63) is 102 Å². The third-order valence-electron chi connectivity index (χ3n) is 10.3. The lowest BCUT2D eigenvalue weighted by molar-refractivity contribution is -0.486. The first-order chi connectivity index (χ1) is 29.5. The molecule has 0 radical (unpaired) electrons. The van der Waals surface area contributed by atoms with Gasteiger partial charge >= 0.3 is 5.97 Å². The highest BCUT2D eigenvalue weighted by atomic mass is 35.5. The van der Waals surface area contributed by atoms with Crippen molar-refractivity contribution < 1.29 is 42.4 Å². The molecule has 3 unspecified atom stereocenters. The molecule has 2 aromatic carbocycles. The molecule has 1 saturated heterocycles. The van der Waals surface area contributed by atoms with Gasteiger partial charge in [0.1, 0.15) is 36.9 Å². The summed E-state index contributed by atoms with van der Waals surface area (Å²) in [6.45, 7) is 6.29. The number of rotatable bonds is 13. The summed E-state index contributed by atoms with van der Waals surface area (Å²) in [5, 5.41) is 19.7. The highest BCUT2D eigenvalue weighted by molar-refractivity contribution is 7.15. The third-order valence-corrected chi connectivity index (χ3v) is 11.4. The molecule has 2 aromatic heterocycles. The monoisotopic (exact) mass is 901 g/mol. The molecular weight excluding hydrogens is 852 g/mol. The van der Waals surface area contributed by atoms with Crippen LogP contribution in [0.3, 0.4) is 0 Å². The van der Waals surface area contributed by atoms with E-state index in [1.54, 1.807) is 30.0 Å². The second-order valence-corrected chi connectivity index (χ2v) is 16.7. The first-order valence-corrected chi connectivity index (χ1v) is 20.8. The van der Waals surface area contributed by atoms with Gasteiger partial charge in [0.2, 0.25) is 0 Å². The van der Waals surface area contributed by atoms with Gasteiger partial charge in [0.05, 0.1) is 24.9 Å². The Balaban J connectivity index is 0.000000178. The van der Waals surface area contributed by atoms with Crippen LogP contribution in [0.4, 0.5) is 20.2 Å². The summed E-state index contributed by atoms with van der Waals surface area (Å²) in [5.41, 5.74) is 3.86. The van der Waals surface area contributed by atoms with Crippen LogP contribution >= 0.6 is 22.9 Å². The fourth-order valence-corrected chi connectivity index (χ4v) is 8.28. The molecule has 3 aliphatic rings. The van der Waals surface area contributed by atoms with Gasteiger partial charge in [-0.25, -0.2) is 28.7 Å². The lowest BCUT2D eigenvalue weighted by atomic mass is 10.0.